The van der Waals surface area contributed by atoms with E-state index in [-0.39, 0.29) is 66.2 Å². The maximum atomic E-state index is 16.1. The highest BCUT2D eigenvalue weighted by molar-refractivity contribution is 6.21. The van der Waals surface area contributed by atoms with Crippen molar-refractivity contribution in [3.63, 3.8) is 0 Å². The molecule has 101 heavy (non-hydrogen) atoms. The van der Waals surface area contributed by atoms with Gasteiger partial charge in [0.25, 0.3) is 5.91 Å². The van der Waals surface area contributed by atoms with Crippen LogP contribution < -0.4 is 10.6 Å². The van der Waals surface area contributed by atoms with Crippen LogP contribution in [-0.4, -0.2) is 128 Å². The molecule has 21 nitrogen and oxygen atoms in total. The van der Waals surface area contributed by atoms with Crippen LogP contribution in [0, 0.1) is 28.6 Å². The molecule has 13 atom stereocenters. The molecule has 6 aliphatic heterocycles. The number of nitrogens with zero attached hydrogens (tertiary/aromatic N) is 3. The number of ether oxygens (including phenoxy) is 6. The Morgan fingerprint density at radius 1 is 0.822 bits per heavy atom. The summed E-state index contributed by atoms with van der Waals surface area (Å²) >= 11 is 0. The van der Waals surface area contributed by atoms with E-state index in [4.69, 9.17) is 43.4 Å². The van der Waals surface area contributed by atoms with Crippen molar-refractivity contribution in [3.05, 3.63) is 223 Å². The largest absolute Gasteiger partial charge is 0.511 e. The molecular formula is C80H83N5O16. The summed E-state index contributed by atoms with van der Waals surface area (Å²) in [6.45, 7) is 22.2. The summed E-state index contributed by atoms with van der Waals surface area (Å²) in [4.78, 5) is 120. The van der Waals surface area contributed by atoms with Gasteiger partial charge in [-0.25, -0.2) is 24.6 Å². The number of esters is 5. The van der Waals surface area contributed by atoms with Gasteiger partial charge in [0.2, 0.25) is 6.10 Å². The number of rotatable bonds is 16. The second-order valence-corrected chi connectivity index (χ2v) is 28.6. The Morgan fingerprint density at radius 3 is 2.11 bits per heavy atom. The van der Waals surface area contributed by atoms with E-state index in [0.29, 0.717) is 46.1 Å². The zero-order valence-electron chi connectivity index (χ0n) is 58.4. The lowest BCUT2D eigenvalue weighted by Gasteiger charge is -2.67. The summed E-state index contributed by atoms with van der Waals surface area (Å²) in [6.07, 6.45) is -2.83. The van der Waals surface area contributed by atoms with E-state index in [1.54, 1.807) is 98.8 Å². The molecule has 1 unspecified atom stereocenters. The smallest absolute Gasteiger partial charge is 0.350 e. The van der Waals surface area contributed by atoms with E-state index in [0.717, 1.165) is 64.4 Å². The molecule has 2 saturated heterocycles. The highest BCUT2D eigenvalue weighted by Crippen LogP contribution is 2.65. The SMILES string of the molecule is C=CC1=C(C)C2=NC1=CC1=NC(=CC3=C(C)C4=C(O)CC(=C5NC(=C2)[C@@H](C)[C@@H]5CCC(=O)OC(C(=O)O[C@H]2C[C@@]5(O)[C@@H](OC(=O)c6ccccc6)[C@@H]6[C@]7(OC(C)=O)CO[C@@H]7C[C@H](O)[C@@]6(C)C(=O)[C@H](OC(C)=O)C(=C2C)C5(C)C)[C@H](NC(=O)c2ccccc2)c2ccccc2)C4=N3)C(CC)=C1C. The van der Waals surface area contributed by atoms with Gasteiger partial charge in [-0.1, -0.05) is 107 Å². The van der Waals surface area contributed by atoms with Crippen molar-refractivity contribution in [1.82, 2.24) is 10.6 Å². The monoisotopic (exact) mass is 1370 g/mol. The van der Waals surface area contributed by atoms with Crippen molar-refractivity contribution < 1.29 is 77.3 Å². The fourth-order valence-electron chi connectivity index (χ4n) is 17.1. The molecular weight excluding hydrogens is 1290 g/mol. The summed E-state index contributed by atoms with van der Waals surface area (Å²) in [5, 5.41) is 45.4. The topological polar surface area (TPSA) is 297 Å². The third-order valence-electron chi connectivity index (χ3n) is 22.7. The summed E-state index contributed by atoms with van der Waals surface area (Å²) in [7, 11) is 0. The minimum Gasteiger partial charge on any atom is -0.511 e. The minimum atomic E-state index is -2.53. The van der Waals surface area contributed by atoms with Gasteiger partial charge >= 0.3 is 29.8 Å². The molecule has 3 aromatic rings. The van der Waals surface area contributed by atoms with E-state index in [1.807, 2.05) is 39.0 Å². The van der Waals surface area contributed by atoms with Crippen LogP contribution in [0.3, 0.4) is 0 Å². The fraction of sp³-hybridized carbons (Fsp3) is 0.400. The molecule has 13 rings (SSSR count). The Hall–Kier alpha value is -9.96. The van der Waals surface area contributed by atoms with Gasteiger partial charge in [-0.15, -0.1) is 0 Å². The lowest BCUT2D eigenvalue weighted by molar-refractivity contribution is -0.346. The summed E-state index contributed by atoms with van der Waals surface area (Å²) in [6, 6.07) is 22.9. The Labute approximate surface area is 585 Å². The number of carbonyl (C=O) groups is 7. The van der Waals surface area contributed by atoms with Crippen LogP contribution in [-0.2, 0) is 52.4 Å². The first-order chi connectivity index (χ1) is 48.1. The van der Waals surface area contributed by atoms with Crippen LogP contribution in [0.4, 0.5) is 0 Å². The van der Waals surface area contributed by atoms with Gasteiger partial charge in [0.15, 0.2) is 17.5 Å². The van der Waals surface area contributed by atoms with Gasteiger partial charge in [-0.05, 0) is 129 Å². The number of nitrogens with one attached hydrogen (secondary N) is 2. The molecule has 3 aromatic carbocycles. The molecule has 5 N–H and O–H groups in total. The van der Waals surface area contributed by atoms with Crippen LogP contribution in [0.5, 0.6) is 0 Å². The maximum absolute atomic E-state index is 16.1. The predicted molar refractivity (Wildman–Crippen MR) is 373 cm³/mol. The number of aliphatic imine (C=N–C) groups is 3. The van der Waals surface area contributed by atoms with Crippen LogP contribution in [0.1, 0.15) is 147 Å². The number of carbonyl (C=O) groups excluding carboxylic acids is 7. The molecule has 0 radical (unpaired) electrons. The van der Waals surface area contributed by atoms with Crippen molar-refractivity contribution in [2.24, 2.45) is 43.6 Å². The molecule has 524 valence electrons. The molecule has 10 aliphatic rings. The van der Waals surface area contributed by atoms with Gasteiger partial charge in [-0.3, -0.25) is 24.0 Å². The zero-order valence-corrected chi connectivity index (χ0v) is 58.4. The molecule has 6 heterocycles. The number of aliphatic hydroxyl groups is 3. The van der Waals surface area contributed by atoms with Crippen molar-refractivity contribution >= 4 is 58.7 Å². The van der Waals surface area contributed by atoms with Crippen molar-refractivity contribution in [1.29, 1.82) is 0 Å². The number of allylic oxidation sites excluding steroid dienone is 12. The maximum Gasteiger partial charge on any atom is 0.350 e. The van der Waals surface area contributed by atoms with E-state index < -0.39 is 124 Å². The number of hydrogen-bond donors (Lipinski definition) is 5. The summed E-state index contributed by atoms with van der Waals surface area (Å²) in [5.74, 6) is -8.71. The van der Waals surface area contributed by atoms with Crippen LogP contribution in [0.15, 0.2) is 221 Å². The summed E-state index contributed by atoms with van der Waals surface area (Å²) < 4.78 is 38.1. The minimum absolute atomic E-state index is 0.0308. The van der Waals surface area contributed by atoms with Gasteiger partial charge < -0.3 is 54.4 Å². The van der Waals surface area contributed by atoms with E-state index >= 15 is 14.4 Å². The number of hydrogen-bond acceptors (Lipinski definition) is 20. The first kappa shape index (κ1) is 69.5. The Morgan fingerprint density at radius 2 is 1.48 bits per heavy atom. The zero-order chi connectivity index (χ0) is 72.1. The van der Waals surface area contributed by atoms with Crippen LogP contribution in [0.25, 0.3) is 0 Å². The quantitative estimate of drug-likeness (QED) is 0.0506. The molecule has 2 saturated carbocycles. The molecule has 21 heteroatoms. The molecule has 0 spiro atoms. The van der Waals surface area contributed by atoms with Gasteiger partial charge in [-0.2, -0.15) is 0 Å². The Balaban J connectivity index is 0.907. The van der Waals surface area contributed by atoms with Crippen LogP contribution in [0.2, 0.25) is 0 Å². The van der Waals surface area contributed by atoms with Gasteiger partial charge in [0, 0.05) is 90.5 Å². The number of Topliss-reactive ketones (excluding diaryl/α,β-unsaturated/α-hetero) is 1. The normalized spacial score (nSPS) is 29.6. The average molecular weight is 1370 g/mol. The number of amides is 1. The summed E-state index contributed by atoms with van der Waals surface area (Å²) in [5.41, 5.74) is 3.84. The molecule has 10 bridgehead atoms. The first-order valence-electron chi connectivity index (χ1n) is 34.4. The molecule has 1 amide bonds. The predicted octanol–water partition coefficient (Wildman–Crippen LogP) is 10.9. The van der Waals surface area contributed by atoms with Gasteiger partial charge in [0.1, 0.15) is 35.7 Å². The standard InChI is InChI=1S/C80H83N5O16/c1-13-49-39(3)53-33-55-41(5)51(67(83-55)52-32-59(88)64-42(6)56(84-68(52)64)35-58-50(14-2)40(4)54(82-58)34-57(49)81-53)30-31-63(90)99-70(66(46-24-18-15-19-25-46)85-74(92)47-26-20-16-21-27-47)76(94)98-60-37-80(95)73(100-75(93)48-28-22-17-23-29-48)71-78(12,61(89)36-62-79(71,38-96-62)101-45(9)87)72(91)69(97-44(8)86)65(43(60)7)77(80,10)11/h13,15-29,33-35,41,51,60-62,66,69-71,73,83,88-89,95H,1,14,30-32,36-38H2,2-12H3,(H,85,92)/t41-,51-,60-,61-,62+,66+,69+,70?,71-,73-,78+,79-,80+/m0/s1. The molecule has 4 aliphatic carbocycles. The van der Waals surface area contributed by atoms with Crippen molar-refractivity contribution in [3.8, 4) is 0 Å². The highest BCUT2D eigenvalue weighted by Gasteiger charge is 2.78. The van der Waals surface area contributed by atoms with Crippen molar-refractivity contribution in [2.75, 3.05) is 6.61 Å². The van der Waals surface area contributed by atoms with E-state index in [9.17, 15) is 34.5 Å². The third-order valence-corrected chi connectivity index (χ3v) is 22.7. The molecule has 4 fully saturated rings. The van der Waals surface area contributed by atoms with Crippen molar-refractivity contribution in [2.45, 2.75) is 169 Å². The second-order valence-electron chi connectivity index (χ2n) is 28.6. The van der Waals surface area contributed by atoms with Gasteiger partial charge in [0.05, 0.1) is 63.8 Å². The lowest BCUT2D eigenvalue weighted by Crippen LogP contribution is -2.82. The average Bonchev–Trinajstić information content (AvgIpc) is 1.43. The third kappa shape index (κ3) is 11.5. The number of ketones is 1. The fourth-order valence-corrected chi connectivity index (χ4v) is 17.1. The first-order valence-corrected chi connectivity index (χ1v) is 34.4. The lowest BCUT2D eigenvalue weighted by atomic mass is 9.44. The van der Waals surface area contributed by atoms with E-state index in [2.05, 4.69) is 31.1 Å². The second kappa shape index (κ2) is 26.2. The number of aliphatic hydroxyl groups excluding tert-OH is 2. The Kier molecular flexibility index (Phi) is 18.0. The number of benzene rings is 3. The number of fused-ring (bicyclic) bond motifs is 10. The highest BCUT2D eigenvalue weighted by atomic mass is 16.6. The Bertz CT molecular complexity index is 4520. The van der Waals surface area contributed by atoms with E-state index in [1.165, 1.54) is 26.0 Å². The molecule has 0 aromatic heterocycles. The van der Waals surface area contributed by atoms with Crippen LogP contribution >= 0.6 is 0 Å².